The molecular weight excluding hydrogens is 365 g/mol. The molecule has 4 rings (SSSR count). The molecule has 1 heterocycles. The highest BCUT2D eigenvalue weighted by atomic mass is 19.2. The topological polar surface area (TPSA) is 41.1 Å². The number of amides is 1. The van der Waals surface area contributed by atoms with Crippen molar-refractivity contribution in [1.29, 1.82) is 0 Å². The summed E-state index contributed by atoms with van der Waals surface area (Å²) in [6, 6.07) is 16.6. The molecule has 2 N–H and O–H groups in total. The molecule has 3 aromatic carbocycles. The van der Waals surface area contributed by atoms with Crippen LogP contribution in [0.3, 0.4) is 0 Å². The van der Waals surface area contributed by atoms with Gasteiger partial charge in [0.15, 0.2) is 11.6 Å². The number of benzene rings is 3. The highest BCUT2D eigenvalue weighted by molar-refractivity contribution is 5.89. The van der Waals surface area contributed by atoms with Gasteiger partial charge in [-0.05, 0) is 47.0 Å². The van der Waals surface area contributed by atoms with Crippen LogP contribution in [0.5, 0.6) is 0 Å². The lowest BCUT2D eigenvalue weighted by atomic mass is 9.87. The van der Waals surface area contributed by atoms with Crippen LogP contribution in [0.1, 0.15) is 22.6 Å². The van der Waals surface area contributed by atoms with Gasteiger partial charge < -0.3 is 10.6 Å². The highest BCUT2D eigenvalue weighted by Gasteiger charge is 2.38. The number of carbonyl (C=O) groups excluding carboxylic acids is 1. The molecule has 0 saturated heterocycles. The Balaban J connectivity index is 1.58. The molecule has 0 radical (unpaired) electrons. The highest BCUT2D eigenvalue weighted by Crippen LogP contribution is 2.40. The van der Waals surface area contributed by atoms with E-state index in [4.69, 9.17) is 0 Å². The van der Waals surface area contributed by atoms with E-state index < -0.39 is 17.7 Å². The first-order valence-corrected chi connectivity index (χ1v) is 8.85. The van der Waals surface area contributed by atoms with Gasteiger partial charge in [-0.1, -0.05) is 36.4 Å². The number of anilines is 1. The summed E-state index contributed by atoms with van der Waals surface area (Å²) < 4.78 is 40.3. The Morgan fingerprint density at radius 3 is 2.46 bits per heavy atom. The van der Waals surface area contributed by atoms with Gasteiger partial charge in [0.1, 0.15) is 11.9 Å². The maximum Gasteiger partial charge on any atom is 0.243 e. The van der Waals surface area contributed by atoms with Gasteiger partial charge in [0.25, 0.3) is 0 Å². The summed E-state index contributed by atoms with van der Waals surface area (Å²) in [4.78, 5) is 12.9. The molecular formula is C22H17F3N2O. The summed E-state index contributed by atoms with van der Waals surface area (Å²) in [5.41, 5.74) is 2.74. The Bertz CT molecular complexity index is 1020. The van der Waals surface area contributed by atoms with E-state index >= 15 is 0 Å². The quantitative estimate of drug-likeness (QED) is 0.705. The smallest absolute Gasteiger partial charge is 0.243 e. The minimum absolute atomic E-state index is 0.0560. The average Bonchev–Trinajstić information content (AvgIpc) is 3.08. The SMILES string of the molecule is O=C(NCc1ccc(F)c(F)c1)C1Nc2ccc(F)cc2C1c1ccccc1. The van der Waals surface area contributed by atoms with Crippen molar-refractivity contribution < 1.29 is 18.0 Å². The fraction of sp³-hybridized carbons (Fsp3) is 0.136. The normalized spacial score (nSPS) is 17.7. The van der Waals surface area contributed by atoms with Crippen LogP contribution in [-0.2, 0) is 11.3 Å². The third-order valence-corrected chi connectivity index (χ3v) is 4.88. The monoisotopic (exact) mass is 382 g/mol. The zero-order chi connectivity index (χ0) is 19.7. The van der Waals surface area contributed by atoms with E-state index in [2.05, 4.69) is 10.6 Å². The molecule has 0 fully saturated rings. The van der Waals surface area contributed by atoms with Gasteiger partial charge in [-0.15, -0.1) is 0 Å². The number of hydrogen-bond acceptors (Lipinski definition) is 2. The molecule has 6 heteroatoms. The van der Waals surface area contributed by atoms with Gasteiger partial charge >= 0.3 is 0 Å². The number of rotatable bonds is 4. The summed E-state index contributed by atoms with van der Waals surface area (Å²) in [5, 5.41) is 5.91. The molecule has 2 atom stereocenters. The van der Waals surface area contributed by atoms with Crippen molar-refractivity contribution in [3.05, 3.63) is 101 Å². The fourth-order valence-electron chi connectivity index (χ4n) is 3.55. The maximum atomic E-state index is 13.8. The molecule has 0 aromatic heterocycles. The van der Waals surface area contributed by atoms with Crippen molar-refractivity contribution in [3.63, 3.8) is 0 Å². The second-order valence-corrected chi connectivity index (χ2v) is 6.71. The zero-order valence-corrected chi connectivity index (χ0v) is 14.8. The Morgan fingerprint density at radius 1 is 0.929 bits per heavy atom. The number of fused-ring (bicyclic) bond motifs is 1. The molecule has 2 unspecified atom stereocenters. The van der Waals surface area contributed by atoms with Gasteiger partial charge in [0.2, 0.25) is 5.91 Å². The van der Waals surface area contributed by atoms with Gasteiger partial charge in [0, 0.05) is 18.2 Å². The van der Waals surface area contributed by atoms with E-state index in [0.717, 1.165) is 17.7 Å². The van der Waals surface area contributed by atoms with E-state index in [9.17, 15) is 18.0 Å². The molecule has 28 heavy (non-hydrogen) atoms. The lowest BCUT2D eigenvalue weighted by Gasteiger charge is -2.20. The minimum atomic E-state index is -0.962. The van der Waals surface area contributed by atoms with Gasteiger partial charge in [-0.3, -0.25) is 4.79 Å². The van der Waals surface area contributed by atoms with Crippen molar-refractivity contribution in [2.45, 2.75) is 18.5 Å². The van der Waals surface area contributed by atoms with Crippen LogP contribution in [0.2, 0.25) is 0 Å². The molecule has 3 nitrogen and oxygen atoms in total. The van der Waals surface area contributed by atoms with Crippen molar-refractivity contribution in [3.8, 4) is 0 Å². The number of halogens is 3. The zero-order valence-electron chi connectivity index (χ0n) is 14.8. The predicted octanol–water partition coefficient (Wildman–Crippen LogP) is 4.35. The summed E-state index contributed by atoms with van der Waals surface area (Å²) >= 11 is 0. The Kier molecular flexibility index (Phi) is 4.77. The first-order valence-electron chi connectivity index (χ1n) is 8.85. The summed E-state index contributed by atoms with van der Waals surface area (Å²) in [7, 11) is 0. The molecule has 1 aliphatic heterocycles. The van der Waals surface area contributed by atoms with Crippen molar-refractivity contribution in [1.82, 2.24) is 5.32 Å². The Labute approximate surface area is 160 Å². The third kappa shape index (κ3) is 3.45. The van der Waals surface area contributed by atoms with Crippen LogP contribution in [0.25, 0.3) is 0 Å². The van der Waals surface area contributed by atoms with Crippen molar-refractivity contribution in [2.24, 2.45) is 0 Å². The number of carbonyl (C=O) groups is 1. The summed E-state index contributed by atoms with van der Waals surface area (Å²) in [6.45, 7) is 0.0560. The second kappa shape index (κ2) is 7.38. The van der Waals surface area contributed by atoms with Crippen LogP contribution in [0, 0.1) is 17.5 Å². The van der Waals surface area contributed by atoms with Crippen molar-refractivity contribution in [2.75, 3.05) is 5.32 Å². The molecule has 0 saturated carbocycles. The van der Waals surface area contributed by atoms with Crippen LogP contribution >= 0.6 is 0 Å². The van der Waals surface area contributed by atoms with Crippen molar-refractivity contribution >= 4 is 11.6 Å². The van der Waals surface area contributed by atoms with Crippen LogP contribution < -0.4 is 10.6 Å². The molecule has 1 aliphatic rings. The van der Waals surface area contributed by atoms with E-state index in [1.165, 1.54) is 18.2 Å². The van der Waals surface area contributed by atoms with E-state index in [1.807, 2.05) is 30.3 Å². The van der Waals surface area contributed by atoms with E-state index in [1.54, 1.807) is 6.07 Å². The maximum absolute atomic E-state index is 13.8. The third-order valence-electron chi connectivity index (χ3n) is 4.88. The number of hydrogen-bond donors (Lipinski definition) is 2. The first kappa shape index (κ1) is 18.1. The minimum Gasteiger partial charge on any atom is -0.373 e. The Morgan fingerprint density at radius 2 is 1.71 bits per heavy atom. The lowest BCUT2D eigenvalue weighted by Crippen LogP contribution is -2.40. The van der Waals surface area contributed by atoms with Crippen LogP contribution in [0.15, 0.2) is 66.7 Å². The van der Waals surface area contributed by atoms with Gasteiger partial charge in [0.05, 0.1) is 0 Å². The molecule has 1 amide bonds. The van der Waals surface area contributed by atoms with E-state index in [0.29, 0.717) is 16.8 Å². The lowest BCUT2D eigenvalue weighted by molar-refractivity contribution is -0.122. The standard InChI is InChI=1S/C22H17F3N2O/c23-15-7-9-19-16(11-15)20(14-4-2-1-3-5-14)21(27-19)22(28)26-12-13-6-8-17(24)18(25)10-13/h1-11,20-21,27H,12H2,(H,26,28). The second-order valence-electron chi connectivity index (χ2n) is 6.71. The molecule has 3 aromatic rings. The molecule has 0 aliphatic carbocycles. The molecule has 142 valence electrons. The van der Waals surface area contributed by atoms with Gasteiger partial charge in [-0.25, -0.2) is 13.2 Å². The molecule has 0 bridgehead atoms. The Hall–Kier alpha value is -3.28. The van der Waals surface area contributed by atoms with Crippen LogP contribution in [-0.4, -0.2) is 11.9 Å². The molecule has 0 spiro atoms. The largest absolute Gasteiger partial charge is 0.373 e. The number of nitrogens with one attached hydrogen (secondary N) is 2. The van der Waals surface area contributed by atoms with Gasteiger partial charge in [-0.2, -0.15) is 0 Å². The predicted molar refractivity (Wildman–Crippen MR) is 100 cm³/mol. The van der Waals surface area contributed by atoms with E-state index in [-0.39, 0.29) is 24.2 Å². The average molecular weight is 382 g/mol. The summed E-state index contributed by atoms with van der Waals surface area (Å²) in [5.74, 6) is -2.94. The first-order chi connectivity index (χ1) is 13.5. The van der Waals surface area contributed by atoms with Crippen LogP contribution in [0.4, 0.5) is 18.9 Å². The summed E-state index contributed by atoms with van der Waals surface area (Å²) in [6.07, 6.45) is 0. The fourth-order valence-corrected chi connectivity index (χ4v) is 3.55.